The van der Waals surface area contributed by atoms with Crippen LogP contribution in [0.25, 0.3) is 10.9 Å². The average molecular weight is 302 g/mol. The molecule has 118 valence electrons. The van der Waals surface area contributed by atoms with Gasteiger partial charge in [-0.3, -0.25) is 4.79 Å². The first-order chi connectivity index (χ1) is 10.7. The van der Waals surface area contributed by atoms with Gasteiger partial charge in [-0.25, -0.2) is 0 Å². The summed E-state index contributed by atoms with van der Waals surface area (Å²) in [6.07, 6.45) is 4.05. The number of aromatic amines is 1. The Labute approximate surface area is 129 Å². The van der Waals surface area contributed by atoms with Crippen molar-refractivity contribution in [3.05, 3.63) is 30.0 Å². The molecule has 1 amide bonds. The summed E-state index contributed by atoms with van der Waals surface area (Å²) in [4.78, 5) is 17.6. The molecule has 2 N–H and O–H groups in total. The highest BCUT2D eigenvalue weighted by Crippen LogP contribution is 2.29. The number of nitrogens with zero attached hydrogens (tertiary/aromatic N) is 1. The van der Waals surface area contributed by atoms with Gasteiger partial charge in [-0.05, 0) is 36.5 Å². The number of fused-ring (bicyclic) bond motifs is 1. The summed E-state index contributed by atoms with van der Waals surface area (Å²) < 4.78 is 5.41. The van der Waals surface area contributed by atoms with Gasteiger partial charge in [0.1, 0.15) is 5.75 Å². The summed E-state index contributed by atoms with van der Waals surface area (Å²) in [5.74, 6) is 1.28. The van der Waals surface area contributed by atoms with E-state index in [9.17, 15) is 9.90 Å². The van der Waals surface area contributed by atoms with E-state index in [0.29, 0.717) is 12.3 Å². The number of aromatic nitrogens is 1. The maximum atomic E-state index is 12.5. The minimum absolute atomic E-state index is 0.142. The van der Waals surface area contributed by atoms with E-state index in [1.54, 1.807) is 7.11 Å². The molecule has 0 atom stereocenters. The molecule has 1 saturated heterocycles. The van der Waals surface area contributed by atoms with Crippen molar-refractivity contribution in [2.45, 2.75) is 19.3 Å². The number of carbonyl (C=O) groups excluding carboxylic acids is 1. The Balaban J connectivity index is 1.75. The molecule has 0 unspecified atom stereocenters. The summed E-state index contributed by atoms with van der Waals surface area (Å²) in [5, 5.41) is 10.2. The van der Waals surface area contributed by atoms with Crippen molar-refractivity contribution >= 4 is 16.8 Å². The van der Waals surface area contributed by atoms with Gasteiger partial charge in [0.25, 0.3) is 0 Å². The quantitative estimate of drug-likeness (QED) is 0.907. The largest absolute Gasteiger partial charge is 0.496 e. The number of carbonyl (C=O) groups is 1. The highest BCUT2D eigenvalue weighted by molar-refractivity contribution is 5.93. The summed E-state index contributed by atoms with van der Waals surface area (Å²) in [5.41, 5.74) is 1.96. The topological polar surface area (TPSA) is 65.6 Å². The van der Waals surface area contributed by atoms with Crippen LogP contribution in [0.2, 0.25) is 0 Å². The number of aliphatic hydroxyl groups is 1. The molecular weight excluding hydrogens is 280 g/mol. The van der Waals surface area contributed by atoms with Crippen LogP contribution in [-0.4, -0.2) is 47.7 Å². The summed E-state index contributed by atoms with van der Waals surface area (Å²) >= 11 is 0. The summed E-state index contributed by atoms with van der Waals surface area (Å²) in [6.45, 7) is 1.70. The molecule has 0 bridgehead atoms. The Kier molecular flexibility index (Phi) is 4.34. The van der Waals surface area contributed by atoms with Crippen LogP contribution in [0.4, 0.5) is 0 Å². The van der Waals surface area contributed by atoms with Crippen LogP contribution in [0.15, 0.2) is 24.4 Å². The van der Waals surface area contributed by atoms with E-state index in [1.807, 2.05) is 29.3 Å². The molecule has 0 saturated carbocycles. The van der Waals surface area contributed by atoms with Crippen molar-refractivity contribution in [1.29, 1.82) is 0 Å². The monoisotopic (exact) mass is 302 g/mol. The van der Waals surface area contributed by atoms with Crippen LogP contribution in [0.3, 0.4) is 0 Å². The van der Waals surface area contributed by atoms with Gasteiger partial charge in [0.15, 0.2) is 0 Å². The number of amides is 1. The third-order valence-electron chi connectivity index (χ3n) is 4.54. The number of rotatable bonds is 4. The molecule has 5 nitrogen and oxygen atoms in total. The predicted octanol–water partition coefficient (Wildman–Crippen LogP) is 1.95. The molecule has 2 aromatic rings. The highest BCUT2D eigenvalue weighted by Gasteiger charge is 2.23. The van der Waals surface area contributed by atoms with Gasteiger partial charge in [-0.2, -0.15) is 0 Å². The number of hydrogen-bond acceptors (Lipinski definition) is 3. The van der Waals surface area contributed by atoms with Crippen molar-refractivity contribution in [3.63, 3.8) is 0 Å². The van der Waals surface area contributed by atoms with Crippen LogP contribution < -0.4 is 4.74 Å². The fraction of sp³-hybridized carbons (Fsp3) is 0.471. The molecule has 1 aromatic heterocycles. The maximum absolute atomic E-state index is 12.5. The van der Waals surface area contributed by atoms with E-state index in [-0.39, 0.29) is 12.5 Å². The molecule has 1 aliphatic heterocycles. The van der Waals surface area contributed by atoms with Crippen LogP contribution in [0.5, 0.6) is 5.75 Å². The molecule has 22 heavy (non-hydrogen) atoms. The lowest BCUT2D eigenvalue weighted by atomic mass is 9.97. The van der Waals surface area contributed by atoms with Gasteiger partial charge < -0.3 is 19.7 Å². The highest BCUT2D eigenvalue weighted by atomic mass is 16.5. The van der Waals surface area contributed by atoms with Crippen LogP contribution >= 0.6 is 0 Å². The van der Waals surface area contributed by atoms with Crippen LogP contribution in [-0.2, 0) is 11.2 Å². The first-order valence-corrected chi connectivity index (χ1v) is 7.74. The van der Waals surface area contributed by atoms with Crippen molar-refractivity contribution < 1.29 is 14.6 Å². The zero-order valence-corrected chi connectivity index (χ0v) is 12.8. The molecule has 1 aliphatic rings. The number of likely N-dealkylation sites (tertiary alicyclic amines) is 1. The fourth-order valence-electron chi connectivity index (χ4n) is 3.17. The molecule has 0 spiro atoms. The first kappa shape index (κ1) is 14.9. The van der Waals surface area contributed by atoms with Crippen LogP contribution in [0.1, 0.15) is 18.4 Å². The van der Waals surface area contributed by atoms with Crippen molar-refractivity contribution in [2.75, 3.05) is 26.8 Å². The zero-order valence-electron chi connectivity index (χ0n) is 12.8. The van der Waals surface area contributed by atoms with Crippen molar-refractivity contribution in [3.8, 4) is 5.75 Å². The second-order valence-corrected chi connectivity index (χ2v) is 5.88. The molecular formula is C17H22N2O3. The molecule has 0 aliphatic carbocycles. The van der Waals surface area contributed by atoms with Gasteiger partial charge in [0, 0.05) is 36.8 Å². The van der Waals surface area contributed by atoms with Gasteiger partial charge in [-0.15, -0.1) is 0 Å². The third kappa shape index (κ3) is 2.81. The van der Waals surface area contributed by atoms with E-state index >= 15 is 0 Å². The summed E-state index contributed by atoms with van der Waals surface area (Å²) in [7, 11) is 1.65. The lowest BCUT2D eigenvalue weighted by Crippen LogP contribution is -2.40. The Hall–Kier alpha value is -2.01. The number of benzene rings is 1. The smallest absolute Gasteiger partial charge is 0.227 e. The Bertz CT molecular complexity index is 657. The number of methoxy groups -OCH3 is 1. The Morgan fingerprint density at radius 2 is 2.18 bits per heavy atom. The minimum Gasteiger partial charge on any atom is -0.496 e. The number of aliphatic hydroxyl groups excluding tert-OH is 1. The van der Waals surface area contributed by atoms with E-state index in [2.05, 4.69) is 4.98 Å². The van der Waals surface area contributed by atoms with Gasteiger partial charge in [-0.1, -0.05) is 6.07 Å². The Morgan fingerprint density at radius 3 is 2.86 bits per heavy atom. The predicted molar refractivity (Wildman–Crippen MR) is 84.9 cm³/mol. The SMILES string of the molecule is COc1cccc2[nH]cc(CC(=O)N3CCC(CO)CC3)c12. The van der Waals surface area contributed by atoms with E-state index in [1.165, 1.54) is 0 Å². The summed E-state index contributed by atoms with van der Waals surface area (Å²) in [6, 6.07) is 5.83. The Morgan fingerprint density at radius 1 is 1.41 bits per heavy atom. The van der Waals surface area contributed by atoms with E-state index < -0.39 is 0 Å². The molecule has 5 heteroatoms. The van der Waals surface area contributed by atoms with E-state index in [0.717, 1.165) is 48.1 Å². The third-order valence-corrected chi connectivity index (χ3v) is 4.54. The minimum atomic E-state index is 0.142. The average Bonchev–Trinajstić information content (AvgIpc) is 2.98. The number of piperidine rings is 1. The number of hydrogen-bond donors (Lipinski definition) is 2. The fourth-order valence-corrected chi connectivity index (χ4v) is 3.17. The maximum Gasteiger partial charge on any atom is 0.227 e. The van der Waals surface area contributed by atoms with Crippen molar-refractivity contribution in [1.82, 2.24) is 9.88 Å². The zero-order chi connectivity index (χ0) is 15.5. The van der Waals surface area contributed by atoms with Gasteiger partial charge >= 0.3 is 0 Å². The standard InChI is InChI=1S/C17H22N2O3/c1-22-15-4-2-3-14-17(15)13(10-18-14)9-16(21)19-7-5-12(11-20)6-8-19/h2-4,10,12,18,20H,5-9,11H2,1H3. The lowest BCUT2D eigenvalue weighted by molar-refractivity contribution is -0.132. The lowest BCUT2D eigenvalue weighted by Gasteiger charge is -2.31. The molecule has 3 rings (SSSR count). The van der Waals surface area contributed by atoms with Crippen molar-refractivity contribution in [2.24, 2.45) is 5.92 Å². The first-order valence-electron chi connectivity index (χ1n) is 7.74. The molecule has 1 aromatic carbocycles. The second kappa shape index (κ2) is 6.40. The molecule has 2 heterocycles. The second-order valence-electron chi connectivity index (χ2n) is 5.88. The number of nitrogens with one attached hydrogen (secondary N) is 1. The van der Waals surface area contributed by atoms with Gasteiger partial charge in [0.05, 0.1) is 13.5 Å². The number of ether oxygens (including phenoxy) is 1. The van der Waals surface area contributed by atoms with Gasteiger partial charge in [0.2, 0.25) is 5.91 Å². The molecule has 1 fully saturated rings. The number of H-pyrrole nitrogens is 1. The molecule has 0 radical (unpaired) electrons. The van der Waals surface area contributed by atoms with E-state index in [4.69, 9.17) is 4.74 Å². The normalized spacial score (nSPS) is 16.2. The van der Waals surface area contributed by atoms with Crippen LogP contribution in [0, 0.1) is 5.92 Å².